The number of methoxy groups -OCH3 is 1. The molecule has 0 saturated carbocycles. The number of anilines is 1. The summed E-state index contributed by atoms with van der Waals surface area (Å²) in [6.07, 6.45) is 0.850. The van der Waals surface area contributed by atoms with Crippen LogP contribution in [0.4, 0.5) is 14.5 Å². The fourth-order valence-electron chi connectivity index (χ4n) is 3.09. The van der Waals surface area contributed by atoms with Crippen molar-refractivity contribution in [2.75, 3.05) is 30.8 Å². The summed E-state index contributed by atoms with van der Waals surface area (Å²) in [5, 5.41) is 2.64. The highest BCUT2D eigenvalue weighted by Crippen LogP contribution is 2.22. The number of nitrogens with zero attached hydrogens (tertiary/aromatic N) is 2. The van der Waals surface area contributed by atoms with Crippen molar-refractivity contribution in [2.45, 2.75) is 26.4 Å². The highest BCUT2D eigenvalue weighted by atomic mass is 32.2. The number of hydrogen-bond donors (Lipinski definition) is 1. The van der Waals surface area contributed by atoms with Crippen molar-refractivity contribution in [3.63, 3.8) is 0 Å². The number of carbonyl (C=O) groups is 2. The fraction of sp³-hybridized carbons (Fsp3) is 0.364. The Morgan fingerprint density at radius 3 is 2.24 bits per heavy atom. The molecule has 0 spiro atoms. The van der Waals surface area contributed by atoms with Crippen LogP contribution in [0.15, 0.2) is 42.5 Å². The molecule has 33 heavy (non-hydrogen) atoms. The molecule has 2 aromatic carbocycles. The second-order valence-electron chi connectivity index (χ2n) is 7.31. The van der Waals surface area contributed by atoms with Gasteiger partial charge < -0.3 is 15.0 Å². The minimum atomic E-state index is -4.03. The Balaban J connectivity index is 2.39. The number of amides is 2. The Morgan fingerprint density at radius 2 is 1.73 bits per heavy atom. The van der Waals surface area contributed by atoms with E-state index < -0.39 is 46.1 Å². The van der Waals surface area contributed by atoms with Crippen LogP contribution < -0.4 is 14.4 Å². The topological polar surface area (TPSA) is 96.0 Å². The molecule has 0 aliphatic carbocycles. The molecule has 0 bridgehead atoms. The van der Waals surface area contributed by atoms with Gasteiger partial charge in [-0.05, 0) is 43.7 Å². The number of hydrogen-bond acceptors (Lipinski definition) is 5. The third-order valence-electron chi connectivity index (χ3n) is 4.90. The van der Waals surface area contributed by atoms with Crippen molar-refractivity contribution in [1.29, 1.82) is 0 Å². The number of benzene rings is 2. The van der Waals surface area contributed by atoms with Crippen molar-refractivity contribution < 1.29 is 31.5 Å². The molecule has 0 heterocycles. The Morgan fingerprint density at radius 1 is 1.09 bits per heavy atom. The zero-order valence-corrected chi connectivity index (χ0v) is 19.7. The van der Waals surface area contributed by atoms with Gasteiger partial charge in [-0.15, -0.1) is 0 Å². The first-order valence-electron chi connectivity index (χ1n) is 10.1. The monoisotopic (exact) mass is 483 g/mol. The largest absolute Gasteiger partial charge is 0.497 e. The summed E-state index contributed by atoms with van der Waals surface area (Å²) in [4.78, 5) is 26.9. The maximum Gasteiger partial charge on any atom is 0.244 e. The molecule has 0 unspecified atom stereocenters. The van der Waals surface area contributed by atoms with Crippen LogP contribution in [-0.4, -0.2) is 57.6 Å². The van der Waals surface area contributed by atoms with Gasteiger partial charge in [0, 0.05) is 19.2 Å². The molecule has 2 rings (SSSR count). The Bertz CT molecular complexity index is 1090. The maximum absolute atomic E-state index is 13.7. The molecule has 0 saturated heterocycles. The van der Waals surface area contributed by atoms with E-state index in [1.807, 2.05) is 0 Å². The molecular weight excluding hydrogens is 456 g/mol. The third kappa shape index (κ3) is 6.88. The van der Waals surface area contributed by atoms with Gasteiger partial charge >= 0.3 is 0 Å². The third-order valence-corrected chi connectivity index (χ3v) is 6.04. The normalized spacial score (nSPS) is 12.1. The lowest BCUT2D eigenvalue weighted by molar-refractivity contribution is -0.139. The van der Waals surface area contributed by atoms with Crippen LogP contribution in [-0.2, 0) is 26.2 Å². The van der Waals surface area contributed by atoms with Gasteiger partial charge in [-0.2, -0.15) is 0 Å². The van der Waals surface area contributed by atoms with Crippen molar-refractivity contribution in [1.82, 2.24) is 10.2 Å². The predicted molar refractivity (Wildman–Crippen MR) is 120 cm³/mol. The zero-order chi connectivity index (χ0) is 24.8. The lowest BCUT2D eigenvalue weighted by atomic mass is 10.1. The summed E-state index contributed by atoms with van der Waals surface area (Å²) in [5.41, 5.74) is 0.471. The summed E-state index contributed by atoms with van der Waals surface area (Å²) in [6, 6.07) is 8.43. The van der Waals surface area contributed by atoms with Crippen LogP contribution in [0.1, 0.15) is 19.4 Å². The average Bonchev–Trinajstić information content (AvgIpc) is 2.77. The Kier molecular flexibility index (Phi) is 8.75. The summed E-state index contributed by atoms with van der Waals surface area (Å²) < 4.78 is 57.6. The van der Waals surface area contributed by atoms with E-state index in [0.717, 1.165) is 18.4 Å². The first-order valence-corrected chi connectivity index (χ1v) is 12.0. The van der Waals surface area contributed by atoms with E-state index in [2.05, 4.69) is 5.32 Å². The van der Waals surface area contributed by atoms with Crippen LogP contribution in [0.3, 0.4) is 0 Å². The number of rotatable bonds is 10. The van der Waals surface area contributed by atoms with Crippen molar-refractivity contribution in [3.05, 3.63) is 59.7 Å². The Labute approximate surface area is 192 Å². The standard InChI is InChI=1S/C22H27F2N3O5S/c1-5-25-22(29)15(2)26(13-16-6-9-18(32-3)10-7-16)21(28)14-27(33(4,30)31)17-8-11-19(23)20(24)12-17/h6-12,15H,5,13-14H2,1-4H3,(H,25,29)/t15-/m1/s1. The number of ether oxygens (including phenoxy) is 1. The van der Waals surface area contributed by atoms with E-state index in [1.165, 1.54) is 18.9 Å². The molecule has 0 radical (unpaired) electrons. The molecular formula is C22H27F2N3O5S. The highest BCUT2D eigenvalue weighted by molar-refractivity contribution is 7.92. The number of nitrogens with one attached hydrogen (secondary N) is 1. The summed E-state index contributed by atoms with van der Waals surface area (Å²) >= 11 is 0. The lowest BCUT2D eigenvalue weighted by Crippen LogP contribution is -2.51. The molecule has 0 aromatic heterocycles. The van der Waals surface area contributed by atoms with Gasteiger partial charge in [0.25, 0.3) is 0 Å². The van der Waals surface area contributed by atoms with Gasteiger partial charge in [-0.25, -0.2) is 17.2 Å². The summed E-state index contributed by atoms with van der Waals surface area (Å²) in [6.45, 7) is 2.90. The zero-order valence-electron chi connectivity index (χ0n) is 18.8. The molecule has 1 N–H and O–H groups in total. The van der Waals surface area contributed by atoms with E-state index in [9.17, 15) is 26.8 Å². The SMILES string of the molecule is CCNC(=O)[C@@H](C)N(Cc1ccc(OC)cc1)C(=O)CN(c1ccc(F)c(F)c1)S(C)(=O)=O. The minimum Gasteiger partial charge on any atom is -0.497 e. The van der Waals surface area contributed by atoms with E-state index in [4.69, 9.17) is 4.74 Å². The molecule has 2 aromatic rings. The van der Waals surface area contributed by atoms with Crippen molar-refractivity contribution >= 4 is 27.5 Å². The predicted octanol–water partition coefficient (Wildman–Crippen LogP) is 2.29. The van der Waals surface area contributed by atoms with E-state index in [-0.39, 0.29) is 12.2 Å². The molecule has 11 heteroatoms. The quantitative estimate of drug-likeness (QED) is 0.560. The highest BCUT2D eigenvalue weighted by Gasteiger charge is 2.30. The van der Waals surface area contributed by atoms with Gasteiger partial charge in [0.1, 0.15) is 18.3 Å². The lowest BCUT2D eigenvalue weighted by Gasteiger charge is -2.31. The van der Waals surface area contributed by atoms with Gasteiger partial charge in [0.15, 0.2) is 11.6 Å². The van der Waals surface area contributed by atoms with Gasteiger partial charge in [0.2, 0.25) is 21.8 Å². The van der Waals surface area contributed by atoms with Gasteiger partial charge in [-0.3, -0.25) is 13.9 Å². The van der Waals surface area contributed by atoms with E-state index in [0.29, 0.717) is 28.2 Å². The van der Waals surface area contributed by atoms with Gasteiger partial charge in [0.05, 0.1) is 19.1 Å². The second-order valence-corrected chi connectivity index (χ2v) is 9.22. The number of likely N-dealkylation sites (N-methyl/N-ethyl adjacent to an activating group) is 1. The maximum atomic E-state index is 13.7. The first kappa shape index (κ1) is 26.0. The van der Waals surface area contributed by atoms with Crippen molar-refractivity contribution in [2.24, 2.45) is 0 Å². The molecule has 180 valence electrons. The average molecular weight is 484 g/mol. The van der Waals surface area contributed by atoms with Crippen LogP contribution in [0.25, 0.3) is 0 Å². The summed E-state index contributed by atoms with van der Waals surface area (Å²) in [7, 11) is -2.52. The van der Waals surface area contributed by atoms with Gasteiger partial charge in [-0.1, -0.05) is 12.1 Å². The van der Waals surface area contributed by atoms with E-state index in [1.54, 1.807) is 31.2 Å². The van der Waals surface area contributed by atoms with E-state index >= 15 is 0 Å². The smallest absolute Gasteiger partial charge is 0.244 e. The van der Waals surface area contributed by atoms with Crippen LogP contribution in [0, 0.1) is 11.6 Å². The number of halogens is 2. The van der Waals surface area contributed by atoms with Crippen LogP contribution in [0.5, 0.6) is 5.75 Å². The molecule has 0 aliphatic heterocycles. The minimum absolute atomic E-state index is 0.0104. The Hall–Kier alpha value is -3.21. The molecule has 0 aliphatic rings. The fourth-order valence-corrected chi connectivity index (χ4v) is 3.93. The molecule has 2 amide bonds. The van der Waals surface area contributed by atoms with Crippen molar-refractivity contribution in [3.8, 4) is 5.75 Å². The molecule has 1 atom stereocenters. The molecule has 0 fully saturated rings. The summed E-state index contributed by atoms with van der Waals surface area (Å²) in [5.74, 6) is -2.91. The second kappa shape index (κ2) is 11.1. The first-order chi connectivity index (χ1) is 15.5. The number of sulfonamides is 1. The van der Waals surface area contributed by atoms with Crippen LogP contribution >= 0.6 is 0 Å². The molecule has 8 nitrogen and oxygen atoms in total. The van der Waals surface area contributed by atoms with Crippen LogP contribution in [0.2, 0.25) is 0 Å². The number of carbonyl (C=O) groups excluding carboxylic acids is 2.